The molecule has 184 valence electrons. The fourth-order valence-electron chi connectivity index (χ4n) is 4.60. The lowest BCUT2D eigenvalue weighted by molar-refractivity contribution is -0.0427. The molecule has 3 aliphatic rings. The maximum absolute atomic E-state index is 11.7. The Kier molecular flexibility index (Phi) is 6.98. The Hall–Kier alpha value is -2.31. The second-order valence-electron chi connectivity index (χ2n) is 8.89. The molecule has 0 unspecified atom stereocenters. The van der Waals surface area contributed by atoms with E-state index < -0.39 is 10.0 Å². The summed E-state index contributed by atoms with van der Waals surface area (Å²) in [7, 11) is -3.15. The molecule has 0 saturated carbocycles. The van der Waals surface area contributed by atoms with Gasteiger partial charge >= 0.3 is 0 Å². The van der Waals surface area contributed by atoms with Crippen LogP contribution >= 0.6 is 0 Å². The quantitative estimate of drug-likeness (QED) is 0.587. The minimum atomic E-state index is -3.15. The number of rotatable bonds is 8. The number of benzene rings is 1. The van der Waals surface area contributed by atoms with Crippen molar-refractivity contribution in [1.82, 2.24) is 14.3 Å². The fraction of sp³-hybridized carbons (Fsp3) is 0.565. The molecule has 3 fully saturated rings. The summed E-state index contributed by atoms with van der Waals surface area (Å²) < 4.78 is 49.0. The molecule has 0 bridgehead atoms. The van der Waals surface area contributed by atoms with Gasteiger partial charge in [-0.1, -0.05) is 30.3 Å². The van der Waals surface area contributed by atoms with Crippen LogP contribution in [0.25, 0.3) is 0 Å². The second kappa shape index (κ2) is 10.1. The monoisotopic (exact) mass is 490 g/mol. The average molecular weight is 491 g/mol. The smallest absolute Gasteiger partial charge is 0.226 e. The first-order chi connectivity index (χ1) is 16.5. The van der Waals surface area contributed by atoms with Crippen molar-refractivity contribution in [2.24, 2.45) is 0 Å². The van der Waals surface area contributed by atoms with E-state index in [1.807, 2.05) is 30.3 Å². The Balaban J connectivity index is 1.13. The summed E-state index contributed by atoms with van der Waals surface area (Å²) in [6, 6.07) is 11.8. The molecule has 4 heterocycles. The lowest BCUT2D eigenvalue weighted by Crippen LogP contribution is -2.42. The lowest BCUT2D eigenvalue weighted by Gasteiger charge is -2.30. The molecule has 34 heavy (non-hydrogen) atoms. The molecule has 4 atom stereocenters. The molecule has 2 aromatic rings. The van der Waals surface area contributed by atoms with Crippen molar-refractivity contribution in [3.8, 4) is 5.88 Å². The molecule has 11 heteroatoms. The van der Waals surface area contributed by atoms with Crippen molar-refractivity contribution in [2.75, 3.05) is 37.9 Å². The standard InChI is InChI=1S/C23H30N4O6S/c1-34(28,29)27-11-8-17(9-12-27)25-23-24-10-7-20(26-23)33-19-15-32-21-18(14-31-22(19)21)30-13-16-5-3-2-4-6-16/h2-7,10,17-19,21-22H,8-9,11-15H2,1H3,(H,24,25,26)/t18-,19-,21+,22+/m0/s1. The van der Waals surface area contributed by atoms with Gasteiger partial charge in [0.25, 0.3) is 0 Å². The van der Waals surface area contributed by atoms with Crippen LogP contribution in [0, 0.1) is 0 Å². The molecule has 10 nitrogen and oxygen atoms in total. The van der Waals surface area contributed by atoms with Crippen LogP contribution in [0.4, 0.5) is 5.95 Å². The Morgan fingerprint density at radius 1 is 1.06 bits per heavy atom. The van der Waals surface area contributed by atoms with E-state index in [4.69, 9.17) is 18.9 Å². The van der Waals surface area contributed by atoms with Gasteiger partial charge in [0.1, 0.15) is 18.3 Å². The van der Waals surface area contributed by atoms with Gasteiger partial charge in [-0.2, -0.15) is 4.98 Å². The van der Waals surface area contributed by atoms with Gasteiger partial charge in [0.2, 0.25) is 21.9 Å². The number of anilines is 1. The van der Waals surface area contributed by atoms with E-state index in [-0.39, 0.29) is 30.5 Å². The predicted octanol–water partition coefficient (Wildman–Crippen LogP) is 1.44. The fourth-order valence-corrected chi connectivity index (χ4v) is 5.47. The molecule has 0 radical (unpaired) electrons. The first kappa shape index (κ1) is 23.4. The van der Waals surface area contributed by atoms with Crippen molar-refractivity contribution >= 4 is 16.0 Å². The first-order valence-corrected chi connectivity index (χ1v) is 13.4. The Morgan fingerprint density at radius 3 is 2.50 bits per heavy atom. The SMILES string of the molecule is CS(=O)(=O)N1CCC(Nc2nccc(O[C@H]3CO[C@H]4[C@@H]3OC[C@@H]4OCc3ccccc3)n2)CC1. The van der Waals surface area contributed by atoms with Gasteiger partial charge in [0, 0.05) is 31.4 Å². The van der Waals surface area contributed by atoms with Gasteiger partial charge in [-0.25, -0.2) is 17.7 Å². The normalized spacial score (nSPS) is 28.0. The highest BCUT2D eigenvalue weighted by Gasteiger charge is 2.49. The third-order valence-electron chi connectivity index (χ3n) is 6.43. The Morgan fingerprint density at radius 2 is 1.76 bits per heavy atom. The summed E-state index contributed by atoms with van der Waals surface area (Å²) in [5.41, 5.74) is 1.11. The first-order valence-electron chi connectivity index (χ1n) is 11.6. The number of ether oxygens (including phenoxy) is 4. The van der Waals surface area contributed by atoms with Crippen LogP contribution in [-0.2, 0) is 30.8 Å². The summed E-state index contributed by atoms with van der Waals surface area (Å²) in [5, 5.41) is 3.30. The zero-order valence-electron chi connectivity index (χ0n) is 19.1. The zero-order valence-corrected chi connectivity index (χ0v) is 19.9. The summed E-state index contributed by atoms with van der Waals surface area (Å²) in [4.78, 5) is 8.78. The van der Waals surface area contributed by atoms with E-state index >= 15 is 0 Å². The highest BCUT2D eigenvalue weighted by atomic mass is 32.2. The van der Waals surface area contributed by atoms with Crippen molar-refractivity contribution < 1.29 is 27.4 Å². The summed E-state index contributed by atoms with van der Waals surface area (Å²) in [5.74, 6) is 0.903. The molecule has 1 N–H and O–H groups in total. The van der Waals surface area contributed by atoms with E-state index in [0.29, 0.717) is 57.6 Å². The third-order valence-corrected chi connectivity index (χ3v) is 7.73. The largest absolute Gasteiger partial charge is 0.469 e. The van der Waals surface area contributed by atoms with Gasteiger partial charge in [-0.05, 0) is 18.4 Å². The van der Waals surface area contributed by atoms with E-state index in [0.717, 1.165) is 5.56 Å². The third kappa shape index (κ3) is 5.49. The topological polar surface area (TPSA) is 112 Å². The van der Waals surface area contributed by atoms with Gasteiger partial charge in [-0.3, -0.25) is 0 Å². The van der Waals surface area contributed by atoms with Crippen LogP contribution in [0.2, 0.25) is 0 Å². The van der Waals surface area contributed by atoms with E-state index in [2.05, 4.69) is 15.3 Å². The molecule has 1 aromatic heterocycles. The zero-order chi connectivity index (χ0) is 23.5. The second-order valence-corrected chi connectivity index (χ2v) is 10.9. The Labute approximate surface area is 199 Å². The maximum atomic E-state index is 11.7. The maximum Gasteiger partial charge on any atom is 0.226 e. The molecule has 5 rings (SSSR count). The minimum absolute atomic E-state index is 0.105. The number of hydrogen-bond donors (Lipinski definition) is 1. The highest BCUT2D eigenvalue weighted by molar-refractivity contribution is 7.88. The van der Waals surface area contributed by atoms with E-state index in [1.165, 1.54) is 10.6 Å². The molecule has 0 spiro atoms. The number of nitrogens with zero attached hydrogens (tertiary/aromatic N) is 3. The van der Waals surface area contributed by atoms with Crippen LogP contribution in [-0.4, -0.2) is 85.7 Å². The van der Waals surface area contributed by atoms with Gasteiger partial charge in [-0.15, -0.1) is 0 Å². The van der Waals surface area contributed by atoms with E-state index in [1.54, 1.807) is 12.3 Å². The summed E-state index contributed by atoms with van der Waals surface area (Å²) >= 11 is 0. The van der Waals surface area contributed by atoms with E-state index in [9.17, 15) is 8.42 Å². The van der Waals surface area contributed by atoms with Crippen molar-refractivity contribution in [3.05, 3.63) is 48.2 Å². The molecular weight excluding hydrogens is 460 g/mol. The lowest BCUT2D eigenvalue weighted by atomic mass is 10.1. The van der Waals surface area contributed by atoms with Crippen molar-refractivity contribution in [3.63, 3.8) is 0 Å². The molecule has 0 amide bonds. The van der Waals surface area contributed by atoms with Crippen LogP contribution < -0.4 is 10.1 Å². The molecule has 3 aliphatic heterocycles. The number of piperidine rings is 1. The van der Waals surface area contributed by atoms with Crippen LogP contribution in [0.5, 0.6) is 5.88 Å². The highest BCUT2D eigenvalue weighted by Crippen LogP contribution is 2.31. The number of fused-ring (bicyclic) bond motifs is 1. The molecule has 1 aromatic carbocycles. The average Bonchev–Trinajstić information content (AvgIpc) is 3.41. The number of nitrogens with one attached hydrogen (secondary N) is 1. The van der Waals surface area contributed by atoms with Crippen LogP contribution in [0.1, 0.15) is 18.4 Å². The molecule has 0 aliphatic carbocycles. The number of sulfonamides is 1. The molecule has 3 saturated heterocycles. The van der Waals surface area contributed by atoms with Crippen molar-refractivity contribution in [2.45, 2.75) is 49.9 Å². The molecular formula is C23H30N4O6S. The minimum Gasteiger partial charge on any atom is -0.469 e. The van der Waals surface area contributed by atoms with Crippen LogP contribution in [0.3, 0.4) is 0 Å². The number of aromatic nitrogens is 2. The summed E-state index contributed by atoms with van der Waals surface area (Å²) in [6.07, 6.45) is 3.47. The number of hydrogen-bond acceptors (Lipinski definition) is 9. The van der Waals surface area contributed by atoms with Crippen molar-refractivity contribution in [1.29, 1.82) is 0 Å². The summed E-state index contributed by atoms with van der Waals surface area (Å²) in [6.45, 7) is 2.35. The predicted molar refractivity (Wildman–Crippen MR) is 124 cm³/mol. The van der Waals surface area contributed by atoms with Gasteiger partial charge in [0.05, 0.1) is 26.1 Å². The van der Waals surface area contributed by atoms with Gasteiger partial charge in [0.15, 0.2) is 6.10 Å². The van der Waals surface area contributed by atoms with Gasteiger partial charge < -0.3 is 24.3 Å². The van der Waals surface area contributed by atoms with Crippen LogP contribution in [0.15, 0.2) is 42.6 Å². The Bertz CT molecular complexity index is 1060.